The number of para-hydroxylation sites is 1. The summed E-state index contributed by atoms with van der Waals surface area (Å²) in [4.78, 5) is 0. The van der Waals surface area contributed by atoms with Crippen LogP contribution in [0.4, 0.5) is 8.78 Å². The van der Waals surface area contributed by atoms with Crippen LogP contribution in [-0.4, -0.2) is 35.9 Å². The molecule has 3 N–H and O–H groups in total. The molecule has 6 nitrogen and oxygen atoms in total. The van der Waals surface area contributed by atoms with Gasteiger partial charge < -0.3 is 15.2 Å². The molecule has 1 heterocycles. The third-order valence-corrected chi connectivity index (χ3v) is 3.89. The number of aromatic nitrogens is 2. The quantitative estimate of drug-likeness (QED) is 0.362. The number of methoxy groups -OCH3 is 1. The van der Waals surface area contributed by atoms with Gasteiger partial charge in [-0.15, -0.1) is 0 Å². The summed E-state index contributed by atoms with van der Waals surface area (Å²) in [7, 11) is 1.51. The SMILES string of the molecule is C.C.COCCOc1cc(F)c(Cn2nc(C(=N)N)c3ccccc32)c(F)c1. The van der Waals surface area contributed by atoms with Gasteiger partial charge in [0.25, 0.3) is 0 Å². The molecular weight excluding hydrogens is 366 g/mol. The first-order valence-electron chi connectivity index (χ1n) is 7.91. The smallest absolute Gasteiger partial charge is 0.144 e. The average molecular weight is 392 g/mol. The standard InChI is InChI=1S/C18H18F2N4O2.2CH4/c1-25-6-7-26-11-8-14(19)13(15(20)9-11)10-24-16-5-3-2-4-12(16)17(23-24)18(21)22;;/h2-5,8-9H,6-7,10H2,1H3,(H3,21,22);2*1H4. The molecule has 0 aliphatic rings. The average Bonchev–Trinajstić information content (AvgIpc) is 2.97. The molecule has 1 aromatic heterocycles. The van der Waals surface area contributed by atoms with E-state index in [1.165, 1.54) is 11.8 Å². The number of halogens is 2. The molecule has 0 unspecified atom stereocenters. The predicted molar refractivity (Wildman–Crippen MR) is 107 cm³/mol. The van der Waals surface area contributed by atoms with Crippen molar-refractivity contribution in [3.63, 3.8) is 0 Å². The lowest BCUT2D eigenvalue weighted by Gasteiger charge is -2.10. The van der Waals surface area contributed by atoms with Gasteiger partial charge in [0.05, 0.1) is 18.7 Å². The number of rotatable bonds is 7. The summed E-state index contributed by atoms with van der Waals surface area (Å²) in [6.45, 7) is 0.377. The largest absolute Gasteiger partial charge is 0.491 e. The molecule has 0 aliphatic heterocycles. The second kappa shape index (κ2) is 9.80. The number of hydrogen-bond acceptors (Lipinski definition) is 4. The summed E-state index contributed by atoms with van der Waals surface area (Å²) in [6.07, 6.45) is 0. The van der Waals surface area contributed by atoms with E-state index in [9.17, 15) is 8.78 Å². The third-order valence-electron chi connectivity index (χ3n) is 3.89. The van der Waals surface area contributed by atoms with E-state index < -0.39 is 11.6 Å². The second-order valence-electron chi connectivity index (χ2n) is 5.64. The summed E-state index contributed by atoms with van der Waals surface area (Å²) in [5.41, 5.74) is 6.33. The highest BCUT2D eigenvalue weighted by Gasteiger charge is 2.17. The zero-order valence-corrected chi connectivity index (χ0v) is 14.1. The van der Waals surface area contributed by atoms with Crippen LogP contribution in [0, 0.1) is 17.0 Å². The van der Waals surface area contributed by atoms with E-state index in [4.69, 9.17) is 20.6 Å². The lowest BCUT2D eigenvalue weighted by atomic mass is 10.1. The van der Waals surface area contributed by atoms with E-state index in [1.807, 2.05) is 0 Å². The van der Waals surface area contributed by atoms with Gasteiger partial charge in [-0.05, 0) is 6.07 Å². The summed E-state index contributed by atoms with van der Waals surface area (Å²) in [5, 5.41) is 12.5. The number of nitrogens with zero attached hydrogens (tertiary/aromatic N) is 2. The van der Waals surface area contributed by atoms with E-state index in [0.29, 0.717) is 17.5 Å². The van der Waals surface area contributed by atoms with Crippen molar-refractivity contribution < 1.29 is 18.3 Å². The van der Waals surface area contributed by atoms with Crippen LogP contribution in [0.25, 0.3) is 10.9 Å². The van der Waals surface area contributed by atoms with Crippen molar-refractivity contribution in [1.82, 2.24) is 9.78 Å². The highest BCUT2D eigenvalue weighted by Crippen LogP contribution is 2.24. The predicted octanol–water partition coefficient (Wildman–Crippen LogP) is 3.94. The van der Waals surface area contributed by atoms with Crippen LogP contribution < -0.4 is 10.5 Å². The van der Waals surface area contributed by atoms with Gasteiger partial charge in [0.2, 0.25) is 0 Å². The molecule has 3 aromatic rings. The van der Waals surface area contributed by atoms with Gasteiger partial charge in [-0.2, -0.15) is 5.10 Å². The maximum Gasteiger partial charge on any atom is 0.144 e. The molecule has 0 aliphatic carbocycles. The molecule has 0 fully saturated rings. The van der Waals surface area contributed by atoms with Gasteiger partial charge in [0.15, 0.2) is 0 Å². The maximum absolute atomic E-state index is 14.4. The van der Waals surface area contributed by atoms with Gasteiger partial charge in [-0.25, -0.2) is 8.78 Å². The lowest BCUT2D eigenvalue weighted by molar-refractivity contribution is 0.146. The van der Waals surface area contributed by atoms with Crippen LogP contribution in [0.15, 0.2) is 36.4 Å². The third kappa shape index (κ3) is 4.64. The molecule has 2 aromatic carbocycles. The van der Waals surface area contributed by atoms with Crippen molar-refractivity contribution in [3.8, 4) is 5.75 Å². The van der Waals surface area contributed by atoms with Crippen LogP contribution in [0.2, 0.25) is 0 Å². The Morgan fingerprint density at radius 1 is 1.14 bits per heavy atom. The Morgan fingerprint density at radius 3 is 2.39 bits per heavy atom. The maximum atomic E-state index is 14.4. The molecular formula is C20H26F2N4O2. The number of amidine groups is 1. The van der Waals surface area contributed by atoms with Crippen LogP contribution in [0.1, 0.15) is 26.1 Å². The fourth-order valence-corrected chi connectivity index (χ4v) is 2.65. The summed E-state index contributed by atoms with van der Waals surface area (Å²) < 4.78 is 40.3. The zero-order chi connectivity index (χ0) is 18.7. The summed E-state index contributed by atoms with van der Waals surface area (Å²) in [6, 6.07) is 9.34. The van der Waals surface area contributed by atoms with Crippen LogP contribution >= 0.6 is 0 Å². The first-order chi connectivity index (χ1) is 12.5. The summed E-state index contributed by atoms with van der Waals surface area (Å²) in [5.74, 6) is -1.58. The number of fused-ring (bicyclic) bond motifs is 1. The summed E-state index contributed by atoms with van der Waals surface area (Å²) >= 11 is 0. The highest BCUT2D eigenvalue weighted by molar-refractivity contribution is 6.05. The van der Waals surface area contributed by atoms with E-state index in [-0.39, 0.29) is 50.8 Å². The minimum atomic E-state index is -0.735. The zero-order valence-electron chi connectivity index (χ0n) is 14.1. The van der Waals surface area contributed by atoms with Crippen LogP contribution in [-0.2, 0) is 11.3 Å². The monoisotopic (exact) mass is 392 g/mol. The minimum absolute atomic E-state index is 0. The molecule has 152 valence electrons. The van der Waals surface area contributed by atoms with E-state index in [0.717, 1.165) is 12.1 Å². The van der Waals surface area contributed by atoms with Crippen LogP contribution in [0.3, 0.4) is 0 Å². The number of hydrogen-bond donors (Lipinski definition) is 2. The van der Waals surface area contributed by atoms with E-state index in [1.54, 1.807) is 24.3 Å². The van der Waals surface area contributed by atoms with Crippen molar-refractivity contribution in [2.75, 3.05) is 20.3 Å². The fraction of sp³-hybridized carbons (Fsp3) is 0.300. The Kier molecular flexibility index (Phi) is 8.06. The molecule has 0 saturated heterocycles. The Hall–Kier alpha value is -3.00. The molecule has 0 bridgehead atoms. The number of ether oxygens (including phenoxy) is 2. The molecule has 28 heavy (non-hydrogen) atoms. The van der Waals surface area contributed by atoms with Crippen molar-refractivity contribution in [3.05, 3.63) is 59.3 Å². The van der Waals surface area contributed by atoms with Crippen molar-refractivity contribution in [1.29, 1.82) is 5.41 Å². The topological polar surface area (TPSA) is 86.2 Å². The Bertz CT molecular complexity index is 934. The number of nitrogens with two attached hydrogens (primary N) is 1. The normalized spacial score (nSPS) is 10.2. The molecule has 0 saturated carbocycles. The van der Waals surface area contributed by atoms with Gasteiger partial charge in [-0.3, -0.25) is 10.1 Å². The first-order valence-corrected chi connectivity index (χ1v) is 7.91. The van der Waals surface area contributed by atoms with Gasteiger partial charge >= 0.3 is 0 Å². The van der Waals surface area contributed by atoms with Crippen molar-refractivity contribution in [2.45, 2.75) is 21.4 Å². The fourth-order valence-electron chi connectivity index (χ4n) is 2.65. The first kappa shape index (κ1) is 23.0. The van der Waals surface area contributed by atoms with E-state index >= 15 is 0 Å². The Labute approximate surface area is 163 Å². The minimum Gasteiger partial charge on any atom is -0.491 e. The molecule has 3 rings (SSSR count). The number of benzene rings is 2. The van der Waals surface area contributed by atoms with Crippen molar-refractivity contribution >= 4 is 16.7 Å². The Balaban J connectivity index is 0.00000196. The Morgan fingerprint density at radius 2 is 1.79 bits per heavy atom. The molecule has 0 amide bonds. The van der Waals surface area contributed by atoms with E-state index in [2.05, 4.69) is 5.10 Å². The van der Waals surface area contributed by atoms with Crippen molar-refractivity contribution in [2.24, 2.45) is 5.73 Å². The molecule has 0 atom stereocenters. The van der Waals surface area contributed by atoms with Gasteiger partial charge in [0.1, 0.15) is 35.5 Å². The molecule has 0 spiro atoms. The van der Waals surface area contributed by atoms with Gasteiger partial charge in [0, 0.05) is 30.2 Å². The molecule has 8 heteroatoms. The second-order valence-corrected chi connectivity index (χ2v) is 5.64. The van der Waals surface area contributed by atoms with Crippen LogP contribution in [0.5, 0.6) is 5.75 Å². The lowest BCUT2D eigenvalue weighted by Crippen LogP contribution is -2.14. The molecule has 0 radical (unpaired) electrons. The highest BCUT2D eigenvalue weighted by atomic mass is 19.1. The number of nitrogens with one attached hydrogen (secondary N) is 1. The van der Waals surface area contributed by atoms with Gasteiger partial charge in [-0.1, -0.05) is 33.1 Å². The number of nitrogen functional groups attached to an aromatic ring is 1.